The molecule has 0 radical (unpaired) electrons. The van der Waals surface area contributed by atoms with Gasteiger partial charge in [0, 0.05) is 12.3 Å². The number of carbonyl (C=O) groups is 1. The molecule has 0 N–H and O–H groups in total. The largest absolute Gasteiger partial charge is 0.472 e. The fourth-order valence-corrected chi connectivity index (χ4v) is 3.72. The average molecular weight is 252 g/mol. The molecule has 0 amide bonds. The highest BCUT2D eigenvalue weighted by Gasteiger charge is 2.56. The molecule has 0 bridgehead atoms. The van der Waals surface area contributed by atoms with Crippen molar-refractivity contribution in [3.63, 3.8) is 0 Å². The molecule has 4 rings (SSSR count). The Morgan fingerprint density at radius 2 is 2.16 bits per heavy atom. The van der Waals surface area contributed by atoms with Crippen molar-refractivity contribution in [2.45, 2.75) is 25.2 Å². The first-order valence-electron chi connectivity index (χ1n) is 6.96. The van der Waals surface area contributed by atoms with E-state index < -0.39 is 0 Å². The van der Waals surface area contributed by atoms with Gasteiger partial charge in [0.1, 0.15) is 5.78 Å². The zero-order chi connectivity index (χ0) is 12.8. The van der Waals surface area contributed by atoms with Gasteiger partial charge in [0.05, 0.1) is 12.5 Å². The summed E-state index contributed by atoms with van der Waals surface area (Å²) in [6, 6.07) is 10.5. The van der Waals surface area contributed by atoms with E-state index in [1.165, 1.54) is 17.5 Å². The first-order valence-corrected chi connectivity index (χ1v) is 6.96. The van der Waals surface area contributed by atoms with Crippen molar-refractivity contribution >= 4 is 5.78 Å². The van der Waals surface area contributed by atoms with E-state index >= 15 is 0 Å². The number of fused-ring (bicyclic) bond motifs is 3. The number of aryl methyl sites for hydroxylation is 1. The topological polar surface area (TPSA) is 30.2 Å². The molecule has 1 fully saturated rings. The fraction of sp³-hybridized carbons (Fsp3) is 0.353. The molecule has 2 heteroatoms. The second kappa shape index (κ2) is 4.09. The summed E-state index contributed by atoms with van der Waals surface area (Å²) in [5, 5.41) is 0. The summed E-state index contributed by atoms with van der Waals surface area (Å²) in [5.74, 6) is 1.71. The van der Waals surface area contributed by atoms with Crippen LogP contribution in [0.3, 0.4) is 0 Å². The molecule has 19 heavy (non-hydrogen) atoms. The first-order chi connectivity index (χ1) is 9.34. The predicted octanol–water partition coefficient (Wildman–Crippen LogP) is 3.37. The van der Waals surface area contributed by atoms with Crippen LogP contribution in [0.15, 0.2) is 47.3 Å². The minimum absolute atomic E-state index is 0.249. The predicted molar refractivity (Wildman–Crippen MR) is 71.9 cm³/mol. The maximum Gasteiger partial charge on any atom is 0.141 e. The summed E-state index contributed by atoms with van der Waals surface area (Å²) in [4.78, 5) is 12.4. The fourth-order valence-electron chi connectivity index (χ4n) is 3.72. The quantitative estimate of drug-likeness (QED) is 0.838. The normalized spacial score (nSPS) is 27.5. The summed E-state index contributed by atoms with van der Waals surface area (Å²) in [6.45, 7) is 0. The molecular formula is C17H16O2. The molecule has 1 heterocycles. The van der Waals surface area contributed by atoms with Gasteiger partial charge in [0.25, 0.3) is 0 Å². The number of Topliss-reactive ketones (excluding diaryl/α,β-unsaturated/α-hetero) is 1. The molecule has 3 atom stereocenters. The van der Waals surface area contributed by atoms with Crippen molar-refractivity contribution in [2.75, 3.05) is 0 Å². The number of ketones is 1. The Bertz CT molecular complexity index is 612. The maximum atomic E-state index is 12.4. The monoisotopic (exact) mass is 252 g/mol. The van der Waals surface area contributed by atoms with Crippen LogP contribution in [0.4, 0.5) is 0 Å². The molecule has 2 aliphatic rings. The van der Waals surface area contributed by atoms with E-state index in [1.54, 1.807) is 12.5 Å². The molecule has 0 aliphatic heterocycles. The summed E-state index contributed by atoms with van der Waals surface area (Å²) >= 11 is 0. The van der Waals surface area contributed by atoms with Crippen LogP contribution in [-0.4, -0.2) is 5.78 Å². The molecule has 0 saturated heterocycles. The molecule has 2 aliphatic carbocycles. The van der Waals surface area contributed by atoms with Crippen molar-refractivity contribution < 1.29 is 9.21 Å². The van der Waals surface area contributed by atoms with Crippen LogP contribution >= 0.6 is 0 Å². The van der Waals surface area contributed by atoms with Crippen LogP contribution in [0.25, 0.3) is 0 Å². The second-order valence-corrected chi connectivity index (χ2v) is 5.73. The van der Waals surface area contributed by atoms with Crippen molar-refractivity contribution in [3.05, 3.63) is 59.5 Å². The molecule has 2 aromatic rings. The van der Waals surface area contributed by atoms with Gasteiger partial charge < -0.3 is 4.42 Å². The highest BCUT2D eigenvalue weighted by molar-refractivity contribution is 5.87. The zero-order valence-electron chi connectivity index (χ0n) is 10.7. The summed E-state index contributed by atoms with van der Waals surface area (Å²) < 4.78 is 5.04. The van der Waals surface area contributed by atoms with Crippen molar-refractivity contribution in [2.24, 2.45) is 11.8 Å². The smallest absolute Gasteiger partial charge is 0.141 e. The molecule has 2 nitrogen and oxygen atoms in total. The van der Waals surface area contributed by atoms with Gasteiger partial charge in [-0.25, -0.2) is 0 Å². The minimum Gasteiger partial charge on any atom is -0.472 e. The van der Waals surface area contributed by atoms with Crippen LogP contribution < -0.4 is 0 Å². The Labute approximate surface area is 112 Å². The third-order valence-electron chi connectivity index (χ3n) is 4.66. The Morgan fingerprint density at radius 3 is 3.00 bits per heavy atom. The molecule has 3 unspecified atom stereocenters. The van der Waals surface area contributed by atoms with Gasteiger partial charge in [-0.3, -0.25) is 4.79 Å². The van der Waals surface area contributed by atoms with Crippen LogP contribution in [0, 0.1) is 11.8 Å². The van der Waals surface area contributed by atoms with Crippen LogP contribution in [-0.2, 0) is 17.6 Å². The maximum absolute atomic E-state index is 12.4. The Balaban J connectivity index is 1.55. The highest BCUT2D eigenvalue weighted by Crippen LogP contribution is 2.60. The number of benzene rings is 1. The van der Waals surface area contributed by atoms with Crippen LogP contribution in [0.2, 0.25) is 0 Å². The third kappa shape index (κ3) is 1.74. The SMILES string of the molecule is O=C(Cc1ccoc1)C1C2CCc3ccccc3C21. The van der Waals surface area contributed by atoms with Gasteiger partial charge in [-0.1, -0.05) is 24.3 Å². The summed E-state index contributed by atoms with van der Waals surface area (Å²) in [7, 11) is 0. The van der Waals surface area contributed by atoms with E-state index in [0.717, 1.165) is 12.0 Å². The molecule has 1 aromatic carbocycles. The number of hydrogen-bond acceptors (Lipinski definition) is 2. The Kier molecular flexibility index (Phi) is 2.37. The summed E-state index contributed by atoms with van der Waals surface area (Å²) in [6.07, 6.45) is 6.14. The van der Waals surface area contributed by atoms with Crippen LogP contribution in [0.5, 0.6) is 0 Å². The number of hydrogen-bond donors (Lipinski definition) is 0. The van der Waals surface area contributed by atoms with Crippen molar-refractivity contribution in [1.29, 1.82) is 0 Å². The summed E-state index contributed by atoms with van der Waals surface area (Å²) in [5.41, 5.74) is 3.87. The number of rotatable bonds is 3. The van der Waals surface area contributed by atoms with Gasteiger partial charge in [-0.2, -0.15) is 0 Å². The lowest BCUT2D eigenvalue weighted by Gasteiger charge is -2.13. The lowest BCUT2D eigenvalue weighted by molar-refractivity contribution is -0.120. The van der Waals surface area contributed by atoms with Crippen molar-refractivity contribution in [3.8, 4) is 0 Å². The third-order valence-corrected chi connectivity index (χ3v) is 4.66. The number of furan rings is 1. The van der Waals surface area contributed by atoms with E-state index in [9.17, 15) is 4.79 Å². The van der Waals surface area contributed by atoms with E-state index in [0.29, 0.717) is 24.0 Å². The molecule has 0 spiro atoms. The van der Waals surface area contributed by atoms with E-state index in [-0.39, 0.29) is 5.92 Å². The van der Waals surface area contributed by atoms with Gasteiger partial charge in [-0.05, 0) is 47.4 Å². The molecule has 1 saturated carbocycles. The van der Waals surface area contributed by atoms with Crippen LogP contribution in [0.1, 0.15) is 29.0 Å². The molecule has 96 valence electrons. The van der Waals surface area contributed by atoms with E-state index in [2.05, 4.69) is 24.3 Å². The lowest BCUT2D eigenvalue weighted by Crippen LogP contribution is -2.06. The number of carbonyl (C=O) groups excluding carboxylic acids is 1. The zero-order valence-corrected chi connectivity index (χ0v) is 10.7. The average Bonchev–Trinajstić information content (AvgIpc) is 2.98. The van der Waals surface area contributed by atoms with E-state index in [4.69, 9.17) is 4.42 Å². The standard InChI is InChI=1S/C17H16O2/c18-15(9-11-7-8-19-10-11)17-14-6-5-12-3-1-2-4-13(12)16(14)17/h1-4,7-8,10,14,16-17H,5-6,9H2. The van der Waals surface area contributed by atoms with Gasteiger partial charge >= 0.3 is 0 Å². The minimum atomic E-state index is 0.249. The molecular weight excluding hydrogens is 236 g/mol. The Hall–Kier alpha value is -1.83. The molecule has 1 aromatic heterocycles. The first kappa shape index (κ1) is 11.0. The lowest BCUT2D eigenvalue weighted by atomic mass is 9.92. The van der Waals surface area contributed by atoms with E-state index in [1.807, 2.05) is 6.07 Å². The second-order valence-electron chi connectivity index (χ2n) is 5.73. The van der Waals surface area contributed by atoms with Gasteiger partial charge in [0.2, 0.25) is 0 Å². The highest BCUT2D eigenvalue weighted by atomic mass is 16.3. The van der Waals surface area contributed by atoms with Gasteiger partial charge in [0.15, 0.2) is 0 Å². The van der Waals surface area contributed by atoms with Crippen molar-refractivity contribution in [1.82, 2.24) is 0 Å². The van der Waals surface area contributed by atoms with Gasteiger partial charge in [-0.15, -0.1) is 0 Å². The Morgan fingerprint density at radius 1 is 1.26 bits per heavy atom.